The molecule has 13 heteroatoms. The molecule has 1 aliphatic heterocycles. The molecule has 0 aliphatic carbocycles. The van der Waals surface area contributed by atoms with Crippen molar-refractivity contribution in [1.29, 1.82) is 0 Å². The summed E-state index contributed by atoms with van der Waals surface area (Å²) in [4.78, 5) is 25.4. The predicted molar refractivity (Wildman–Crippen MR) is 181 cm³/mol. The van der Waals surface area contributed by atoms with Crippen LogP contribution in [0.1, 0.15) is 36.6 Å². The van der Waals surface area contributed by atoms with Crippen LogP contribution < -0.4 is 25.5 Å². The summed E-state index contributed by atoms with van der Waals surface area (Å²) in [6.07, 6.45) is 1.51. The first-order chi connectivity index (χ1) is 20.7. The zero-order valence-corrected chi connectivity index (χ0v) is 28.4. The minimum atomic E-state index is -0.629. The van der Waals surface area contributed by atoms with E-state index in [0.717, 1.165) is 13.6 Å². The van der Waals surface area contributed by atoms with Crippen molar-refractivity contribution in [3.05, 3.63) is 102 Å². The molecule has 1 atom stereocenters. The van der Waals surface area contributed by atoms with E-state index in [1.165, 1.54) is 6.21 Å². The van der Waals surface area contributed by atoms with Gasteiger partial charge in [-0.25, -0.2) is 10.2 Å². The molecule has 224 valence electrons. The van der Waals surface area contributed by atoms with Gasteiger partial charge in [-0.1, -0.05) is 57.9 Å². The number of halogens is 3. The number of hydrazone groups is 1. The van der Waals surface area contributed by atoms with E-state index in [9.17, 15) is 9.59 Å². The van der Waals surface area contributed by atoms with E-state index < -0.39 is 17.9 Å². The fraction of sp³-hybridized carbons (Fsp3) is 0.200. The van der Waals surface area contributed by atoms with Crippen LogP contribution in [-0.2, 0) is 20.9 Å². The molecule has 0 spiro atoms. The Bertz CT molecular complexity index is 1590. The summed E-state index contributed by atoms with van der Waals surface area (Å²) in [5, 5.41) is 11.2. The number of nitrogens with one attached hydrogen (secondary N) is 3. The van der Waals surface area contributed by atoms with Crippen LogP contribution in [0, 0.1) is 3.57 Å². The van der Waals surface area contributed by atoms with Gasteiger partial charge in [0.05, 0.1) is 28.0 Å². The first-order valence-corrected chi connectivity index (χ1v) is 15.7. The molecule has 0 aromatic heterocycles. The van der Waals surface area contributed by atoms with E-state index in [0.29, 0.717) is 50.6 Å². The number of hydrogen-bond acceptors (Lipinski definition) is 7. The first kappa shape index (κ1) is 32.7. The smallest absolute Gasteiger partial charge is 0.338 e. The maximum absolute atomic E-state index is 12.8. The number of amides is 1. The van der Waals surface area contributed by atoms with E-state index in [1.54, 1.807) is 44.2 Å². The molecule has 3 N–H and O–H groups in total. The van der Waals surface area contributed by atoms with Gasteiger partial charge < -0.3 is 24.8 Å². The van der Waals surface area contributed by atoms with Crippen molar-refractivity contribution in [1.82, 2.24) is 16.1 Å². The molecule has 0 radical (unpaired) electrons. The molecule has 0 bridgehead atoms. The standard InChI is InChI=1S/C30H27BrClIN4O5S/c1-3-40-29(39)26-17(2)35-30(43)36-27(26)22-6-4-5-7-24(22)41-16-25(38)37-34-14-19-12-20(31)13-23(33)28(19)42-15-18-8-10-21(32)11-9-18/h4-14,27H,3,15-16H2,1-2H3,(H,37,38)(H2,35,36,43)/t27-/m1/s1. The number of para-hydroxylation sites is 1. The van der Waals surface area contributed by atoms with Crippen molar-refractivity contribution in [2.45, 2.75) is 26.5 Å². The fourth-order valence-electron chi connectivity index (χ4n) is 4.17. The average molecular weight is 798 g/mol. The molecule has 3 aromatic rings. The third-order valence-corrected chi connectivity index (χ3v) is 7.81. The summed E-state index contributed by atoms with van der Waals surface area (Å²) in [6.45, 7) is 3.72. The van der Waals surface area contributed by atoms with E-state index in [2.05, 4.69) is 59.7 Å². The highest BCUT2D eigenvalue weighted by Crippen LogP contribution is 2.34. The molecular weight excluding hydrogens is 771 g/mol. The average Bonchev–Trinajstić information content (AvgIpc) is 2.96. The summed E-state index contributed by atoms with van der Waals surface area (Å²) >= 11 is 17.0. The van der Waals surface area contributed by atoms with Crippen molar-refractivity contribution in [2.75, 3.05) is 13.2 Å². The Kier molecular flexibility index (Phi) is 11.8. The quantitative estimate of drug-likeness (QED) is 0.0696. The van der Waals surface area contributed by atoms with E-state index in [4.69, 9.17) is 38.0 Å². The number of allylic oxidation sites excluding steroid dienone is 1. The number of carbonyl (C=O) groups is 2. The number of ether oxygens (including phenoxy) is 3. The second-order valence-corrected chi connectivity index (χ2v) is 12.1. The van der Waals surface area contributed by atoms with Gasteiger partial charge in [-0.15, -0.1) is 0 Å². The van der Waals surface area contributed by atoms with Crippen LogP contribution >= 0.6 is 62.3 Å². The van der Waals surface area contributed by atoms with Gasteiger partial charge in [0.2, 0.25) is 0 Å². The number of nitrogens with zero attached hydrogens (tertiary/aromatic N) is 1. The molecule has 1 aliphatic rings. The molecule has 3 aromatic carbocycles. The van der Waals surface area contributed by atoms with E-state index in [1.807, 2.05) is 30.3 Å². The monoisotopic (exact) mass is 796 g/mol. The predicted octanol–water partition coefficient (Wildman–Crippen LogP) is 6.17. The van der Waals surface area contributed by atoms with Crippen LogP contribution in [0.3, 0.4) is 0 Å². The number of benzene rings is 3. The minimum absolute atomic E-state index is 0.223. The lowest BCUT2D eigenvalue weighted by Crippen LogP contribution is -2.45. The van der Waals surface area contributed by atoms with E-state index in [-0.39, 0.29) is 13.2 Å². The van der Waals surface area contributed by atoms with Crippen LogP contribution in [0.25, 0.3) is 0 Å². The lowest BCUT2D eigenvalue weighted by molar-refractivity contribution is -0.139. The van der Waals surface area contributed by atoms with Gasteiger partial charge in [-0.2, -0.15) is 5.10 Å². The number of carbonyl (C=O) groups excluding carboxylic acids is 2. The Morgan fingerprint density at radius 1 is 1.16 bits per heavy atom. The maximum Gasteiger partial charge on any atom is 0.338 e. The van der Waals surface area contributed by atoms with Crippen molar-refractivity contribution in [3.63, 3.8) is 0 Å². The minimum Gasteiger partial charge on any atom is -0.487 e. The lowest BCUT2D eigenvalue weighted by atomic mass is 9.95. The first-order valence-electron chi connectivity index (χ1n) is 13.0. The molecule has 43 heavy (non-hydrogen) atoms. The van der Waals surface area contributed by atoms with Gasteiger partial charge in [0.15, 0.2) is 11.7 Å². The van der Waals surface area contributed by atoms with Crippen LogP contribution in [0.5, 0.6) is 11.5 Å². The Morgan fingerprint density at radius 2 is 1.91 bits per heavy atom. The number of esters is 1. The number of rotatable bonds is 11. The molecule has 0 unspecified atom stereocenters. The van der Waals surface area contributed by atoms with Crippen LogP contribution in [0.15, 0.2) is 81.5 Å². The van der Waals surface area contributed by atoms with Gasteiger partial charge in [-0.3, -0.25) is 4.79 Å². The topological polar surface area (TPSA) is 110 Å². The molecule has 1 amide bonds. The van der Waals surface area contributed by atoms with Crippen LogP contribution in [0.2, 0.25) is 5.02 Å². The van der Waals surface area contributed by atoms with Crippen molar-refractivity contribution >= 4 is 85.5 Å². The Labute approximate surface area is 281 Å². The van der Waals surface area contributed by atoms with E-state index >= 15 is 0 Å². The zero-order valence-electron chi connectivity index (χ0n) is 23.1. The molecule has 0 saturated carbocycles. The van der Waals surface area contributed by atoms with Gasteiger partial charge in [0.1, 0.15) is 18.1 Å². The fourth-order valence-corrected chi connectivity index (χ4v) is 6.27. The molecule has 9 nitrogen and oxygen atoms in total. The van der Waals surface area contributed by atoms with Crippen molar-refractivity contribution in [3.8, 4) is 11.5 Å². The Hall–Kier alpha value is -3.20. The van der Waals surface area contributed by atoms with Gasteiger partial charge in [-0.05, 0) is 84.6 Å². The highest BCUT2D eigenvalue weighted by molar-refractivity contribution is 14.1. The molecule has 1 heterocycles. The van der Waals surface area contributed by atoms with Crippen molar-refractivity contribution < 1.29 is 23.8 Å². The summed E-state index contributed by atoms with van der Waals surface area (Å²) in [5.41, 5.74) is 5.69. The van der Waals surface area contributed by atoms with Gasteiger partial charge >= 0.3 is 5.97 Å². The highest BCUT2D eigenvalue weighted by Gasteiger charge is 2.32. The third kappa shape index (κ3) is 8.91. The molecule has 0 fully saturated rings. The highest BCUT2D eigenvalue weighted by atomic mass is 127. The van der Waals surface area contributed by atoms with Gasteiger partial charge in [0, 0.05) is 26.3 Å². The zero-order chi connectivity index (χ0) is 30.9. The normalized spacial score (nSPS) is 14.6. The summed E-state index contributed by atoms with van der Waals surface area (Å²) < 4.78 is 18.9. The summed E-state index contributed by atoms with van der Waals surface area (Å²) in [6, 6.07) is 17.6. The van der Waals surface area contributed by atoms with Crippen LogP contribution in [-0.4, -0.2) is 36.4 Å². The molecule has 4 rings (SSSR count). The molecular formula is C30H27BrClIN4O5S. The maximum atomic E-state index is 12.8. The number of hydrogen-bond donors (Lipinski definition) is 3. The second kappa shape index (κ2) is 15.5. The summed E-state index contributed by atoms with van der Waals surface area (Å²) in [5.74, 6) is 0.0616. The largest absolute Gasteiger partial charge is 0.487 e. The SMILES string of the molecule is CCOC(=O)C1=C(C)NC(=S)N[C@@H]1c1ccccc1OCC(=O)NN=Cc1cc(Br)cc(I)c1OCc1ccc(Cl)cc1. The summed E-state index contributed by atoms with van der Waals surface area (Å²) in [7, 11) is 0. The second-order valence-electron chi connectivity index (χ2n) is 9.13. The van der Waals surface area contributed by atoms with Crippen molar-refractivity contribution in [2.24, 2.45) is 5.10 Å². The van der Waals surface area contributed by atoms with Gasteiger partial charge in [0.25, 0.3) is 5.91 Å². The van der Waals surface area contributed by atoms with Crippen LogP contribution in [0.4, 0.5) is 0 Å². The Morgan fingerprint density at radius 3 is 2.65 bits per heavy atom. The lowest BCUT2D eigenvalue weighted by Gasteiger charge is -2.30. The Balaban J connectivity index is 1.43. The molecule has 0 saturated heterocycles. The third-order valence-electron chi connectivity index (χ3n) is 6.08. The number of thiocarbonyl (C=S) groups is 1.